The molecule has 0 amide bonds. The Morgan fingerprint density at radius 3 is 2.47 bits per heavy atom. The van der Waals surface area contributed by atoms with Crippen LogP contribution in [0.2, 0.25) is 0 Å². The van der Waals surface area contributed by atoms with Gasteiger partial charge in [-0.25, -0.2) is 0 Å². The maximum Gasteiger partial charge on any atom is 0.318 e. The lowest BCUT2D eigenvalue weighted by atomic mass is 10.1. The minimum absolute atomic E-state index is 0.336. The van der Waals surface area contributed by atoms with Crippen molar-refractivity contribution >= 4 is 16.7 Å². The summed E-state index contributed by atoms with van der Waals surface area (Å²) in [7, 11) is 3.27. The maximum atomic E-state index is 6.06. The molecule has 1 aliphatic heterocycles. The van der Waals surface area contributed by atoms with Crippen LogP contribution in [-0.2, 0) is 11.2 Å². The maximum absolute atomic E-state index is 6.06. The lowest BCUT2D eigenvalue weighted by Gasteiger charge is -2.29. The molecule has 0 unspecified atom stereocenters. The van der Waals surface area contributed by atoms with Crippen LogP contribution in [0.15, 0.2) is 66.7 Å². The summed E-state index contributed by atoms with van der Waals surface area (Å²) >= 11 is 0. The number of anilines is 1. The summed E-state index contributed by atoms with van der Waals surface area (Å²) in [5.74, 6) is 3.73. The topological polar surface area (TPSA) is 75.2 Å². The predicted octanol–water partition coefficient (Wildman–Crippen LogP) is 4.90. The largest absolute Gasteiger partial charge is 0.493 e. The van der Waals surface area contributed by atoms with Crippen LogP contribution in [0.5, 0.6) is 29.0 Å². The molecule has 1 aliphatic rings. The Morgan fingerprint density at radius 1 is 0.861 bits per heavy atom. The van der Waals surface area contributed by atoms with Gasteiger partial charge in [-0.2, -0.15) is 9.97 Å². The van der Waals surface area contributed by atoms with Gasteiger partial charge in [0.25, 0.3) is 0 Å². The fraction of sp³-hybridized carbons (Fsp3) is 0.286. The number of para-hydroxylation sites is 2. The molecule has 2 heterocycles. The molecule has 8 nitrogen and oxygen atoms in total. The Bertz CT molecular complexity index is 1310. The van der Waals surface area contributed by atoms with Crippen LogP contribution in [0.4, 0.5) is 5.82 Å². The van der Waals surface area contributed by atoms with Gasteiger partial charge in [0, 0.05) is 30.5 Å². The summed E-state index contributed by atoms with van der Waals surface area (Å²) in [6, 6.07) is 21.7. The van der Waals surface area contributed by atoms with Crippen LogP contribution >= 0.6 is 0 Å². The van der Waals surface area contributed by atoms with E-state index >= 15 is 0 Å². The molecule has 4 aromatic rings. The van der Waals surface area contributed by atoms with E-state index in [2.05, 4.69) is 9.88 Å². The second-order valence-electron chi connectivity index (χ2n) is 8.27. The fourth-order valence-electron chi connectivity index (χ4n) is 4.24. The number of morpholine rings is 1. The highest BCUT2D eigenvalue weighted by molar-refractivity contribution is 5.91. The van der Waals surface area contributed by atoms with Gasteiger partial charge in [0.05, 0.1) is 39.6 Å². The molecule has 1 aromatic heterocycles. The van der Waals surface area contributed by atoms with E-state index in [1.165, 1.54) is 0 Å². The van der Waals surface area contributed by atoms with Crippen molar-refractivity contribution in [3.05, 3.63) is 72.3 Å². The van der Waals surface area contributed by atoms with Gasteiger partial charge in [0.15, 0.2) is 11.5 Å². The number of ether oxygens (including phenoxy) is 5. The molecular formula is C28H29N3O5. The lowest BCUT2D eigenvalue weighted by molar-refractivity contribution is 0.122. The van der Waals surface area contributed by atoms with Gasteiger partial charge < -0.3 is 28.6 Å². The molecule has 0 radical (unpaired) electrons. The Labute approximate surface area is 210 Å². The van der Waals surface area contributed by atoms with Crippen molar-refractivity contribution in [2.24, 2.45) is 0 Å². The zero-order valence-electron chi connectivity index (χ0n) is 20.5. The van der Waals surface area contributed by atoms with E-state index in [0.717, 1.165) is 46.9 Å². The van der Waals surface area contributed by atoms with Crippen molar-refractivity contribution in [2.45, 2.75) is 6.42 Å². The average Bonchev–Trinajstić information content (AvgIpc) is 2.93. The number of nitrogens with zero attached hydrogens (tertiary/aromatic N) is 3. The molecule has 0 bridgehead atoms. The quantitative estimate of drug-likeness (QED) is 0.330. The Hall–Kier alpha value is -4.04. The highest BCUT2D eigenvalue weighted by atomic mass is 16.5. The fourth-order valence-corrected chi connectivity index (χ4v) is 4.24. The van der Waals surface area contributed by atoms with E-state index in [9.17, 15) is 0 Å². The van der Waals surface area contributed by atoms with Gasteiger partial charge in [-0.1, -0.05) is 30.3 Å². The average molecular weight is 488 g/mol. The number of methoxy groups -OCH3 is 2. The summed E-state index contributed by atoms with van der Waals surface area (Å²) in [6.45, 7) is 3.19. The van der Waals surface area contributed by atoms with Crippen LogP contribution in [0.25, 0.3) is 10.9 Å². The van der Waals surface area contributed by atoms with Gasteiger partial charge in [0.1, 0.15) is 17.3 Å². The third-order valence-electron chi connectivity index (χ3n) is 6.00. The zero-order chi connectivity index (χ0) is 24.7. The summed E-state index contributed by atoms with van der Waals surface area (Å²) in [5.41, 5.74) is 1.79. The van der Waals surface area contributed by atoms with E-state index in [0.29, 0.717) is 43.8 Å². The molecule has 36 heavy (non-hydrogen) atoms. The third-order valence-corrected chi connectivity index (χ3v) is 6.00. The van der Waals surface area contributed by atoms with Crippen molar-refractivity contribution in [1.29, 1.82) is 0 Å². The second kappa shape index (κ2) is 11.1. The first-order chi connectivity index (χ1) is 17.7. The summed E-state index contributed by atoms with van der Waals surface area (Å²) in [4.78, 5) is 11.7. The number of fused-ring (bicyclic) bond motifs is 1. The van der Waals surface area contributed by atoms with E-state index in [-0.39, 0.29) is 0 Å². The first-order valence-corrected chi connectivity index (χ1v) is 11.9. The molecule has 0 atom stereocenters. The van der Waals surface area contributed by atoms with Crippen molar-refractivity contribution < 1.29 is 23.7 Å². The summed E-state index contributed by atoms with van der Waals surface area (Å²) < 4.78 is 28.6. The van der Waals surface area contributed by atoms with Crippen LogP contribution in [0, 0.1) is 0 Å². The predicted molar refractivity (Wildman–Crippen MR) is 138 cm³/mol. The van der Waals surface area contributed by atoms with Crippen molar-refractivity contribution in [2.75, 3.05) is 52.0 Å². The van der Waals surface area contributed by atoms with Crippen LogP contribution in [0.3, 0.4) is 0 Å². The van der Waals surface area contributed by atoms with E-state index in [1.54, 1.807) is 14.2 Å². The van der Waals surface area contributed by atoms with E-state index in [4.69, 9.17) is 28.7 Å². The number of benzene rings is 3. The Kier molecular flexibility index (Phi) is 7.33. The Balaban J connectivity index is 1.41. The van der Waals surface area contributed by atoms with Crippen LogP contribution < -0.4 is 23.8 Å². The normalized spacial score (nSPS) is 13.4. The smallest absolute Gasteiger partial charge is 0.318 e. The molecule has 0 aliphatic carbocycles. The number of hydrogen-bond donors (Lipinski definition) is 0. The third kappa shape index (κ3) is 5.28. The molecule has 1 fully saturated rings. The molecule has 3 aromatic carbocycles. The molecule has 1 saturated heterocycles. The van der Waals surface area contributed by atoms with Crippen molar-refractivity contribution in [1.82, 2.24) is 9.97 Å². The van der Waals surface area contributed by atoms with Crippen LogP contribution in [-0.4, -0.2) is 57.1 Å². The molecular weight excluding hydrogens is 458 g/mol. The van der Waals surface area contributed by atoms with Gasteiger partial charge >= 0.3 is 6.01 Å². The van der Waals surface area contributed by atoms with Crippen LogP contribution in [0.1, 0.15) is 5.56 Å². The highest BCUT2D eigenvalue weighted by Crippen LogP contribution is 2.33. The second-order valence-corrected chi connectivity index (χ2v) is 8.27. The van der Waals surface area contributed by atoms with Gasteiger partial charge in [-0.15, -0.1) is 0 Å². The molecule has 8 heteroatoms. The number of hydrogen-bond acceptors (Lipinski definition) is 8. The monoisotopic (exact) mass is 487 g/mol. The Morgan fingerprint density at radius 2 is 1.69 bits per heavy atom. The van der Waals surface area contributed by atoms with Crippen molar-refractivity contribution in [3.63, 3.8) is 0 Å². The first-order valence-electron chi connectivity index (χ1n) is 11.9. The lowest BCUT2D eigenvalue weighted by Crippen LogP contribution is -2.37. The zero-order valence-corrected chi connectivity index (χ0v) is 20.5. The minimum atomic E-state index is 0.336. The first kappa shape index (κ1) is 23.7. The van der Waals surface area contributed by atoms with Gasteiger partial charge in [0.2, 0.25) is 0 Å². The standard InChI is InChI=1S/C28H29N3O5/c1-32-25-10-6-7-20(26(25)33-2)13-16-35-28-29-24-12-11-22(36-21-8-4-3-5-9-21)19-23(24)27(30-28)31-14-17-34-18-15-31/h3-12,19H,13-18H2,1-2H3. The van der Waals surface area contributed by atoms with E-state index in [1.807, 2.05) is 66.7 Å². The number of rotatable bonds is 9. The molecule has 0 spiro atoms. The molecule has 186 valence electrons. The SMILES string of the molecule is COc1cccc(CCOc2nc(N3CCOCC3)c3cc(Oc4ccccc4)ccc3n2)c1OC. The number of aromatic nitrogens is 2. The summed E-state index contributed by atoms with van der Waals surface area (Å²) in [5, 5.41) is 0.909. The minimum Gasteiger partial charge on any atom is -0.493 e. The molecule has 5 rings (SSSR count). The van der Waals surface area contributed by atoms with E-state index < -0.39 is 0 Å². The summed E-state index contributed by atoms with van der Waals surface area (Å²) in [6.07, 6.45) is 0.624. The molecule has 0 saturated carbocycles. The van der Waals surface area contributed by atoms with Crippen molar-refractivity contribution in [3.8, 4) is 29.0 Å². The van der Waals surface area contributed by atoms with Gasteiger partial charge in [-0.05, 0) is 36.4 Å². The van der Waals surface area contributed by atoms with Gasteiger partial charge in [-0.3, -0.25) is 0 Å². The highest BCUT2D eigenvalue weighted by Gasteiger charge is 2.19. The molecule has 0 N–H and O–H groups in total.